The Bertz CT molecular complexity index is 568. The van der Waals surface area contributed by atoms with Crippen LogP contribution in [-0.2, 0) is 9.53 Å². The fourth-order valence-electron chi connectivity index (χ4n) is 2.27. The van der Waals surface area contributed by atoms with E-state index in [0.717, 1.165) is 22.6 Å². The number of fused-ring (bicyclic) bond motifs is 1. The van der Waals surface area contributed by atoms with Crippen LogP contribution in [0, 0.1) is 0 Å². The zero-order valence-corrected chi connectivity index (χ0v) is 14.2. The SMILES string of the molecule is CCOC(=O)N(C)CC(=O)N[C@@H]1CCSc2ccc(Cl)cc21. The van der Waals surface area contributed by atoms with Crippen molar-refractivity contribution in [2.45, 2.75) is 24.3 Å². The molecule has 0 radical (unpaired) electrons. The minimum Gasteiger partial charge on any atom is -0.450 e. The molecule has 0 aliphatic carbocycles. The van der Waals surface area contributed by atoms with Crippen molar-refractivity contribution in [3.05, 3.63) is 28.8 Å². The second kappa shape index (κ2) is 7.74. The summed E-state index contributed by atoms with van der Waals surface area (Å²) in [5.41, 5.74) is 1.04. The molecule has 0 saturated heterocycles. The van der Waals surface area contributed by atoms with Crippen LogP contribution in [0.3, 0.4) is 0 Å². The van der Waals surface area contributed by atoms with Crippen LogP contribution in [0.15, 0.2) is 23.1 Å². The van der Waals surface area contributed by atoms with Crippen LogP contribution in [0.5, 0.6) is 0 Å². The van der Waals surface area contributed by atoms with Crippen LogP contribution in [0.25, 0.3) is 0 Å². The number of nitrogens with one attached hydrogen (secondary N) is 1. The Labute approximate surface area is 139 Å². The van der Waals surface area contributed by atoms with Crippen molar-refractivity contribution in [3.63, 3.8) is 0 Å². The Morgan fingerprint density at radius 3 is 3.00 bits per heavy atom. The van der Waals surface area contributed by atoms with E-state index >= 15 is 0 Å². The van der Waals surface area contributed by atoms with E-state index in [1.54, 1.807) is 25.7 Å². The van der Waals surface area contributed by atoms with Gasteiger partial charge in [-0.05, 0) is 37.1 Å². The summed E-state index contributed by atoms with van der Waals surface area (Å²) < 4.78 is 4.85. The summed E-state index contributed by atoms with van der Waals surface area (Å²) in [6.07, 6.45) is 0.340. The van der Waals surface area contributed by atoms with Crippen molar-refractivity contribution in [2.75, 3.05) is 26.0 Å². The van der Waals surface area contributed by atoms with Gasteiger partial charge in [-0.3, -0.25) is 4.79 Å². The lowest BCUT2D eigenvalue weighted by atomic mass is 10.0. The number of likely N-dealkylation sites (N-methyl/N-ethyl adjacent to an activating group) is 1. The molecule has 0 fully saturated rings. The highest BCUT2D eigenvalue weighted by molar-refractivity contribution is 7.99. The van der Waals surface area contributed by atoms with Gasteiger partial charge in [-0.15, -0.1) is 11.8 Å². The number of ether oxygens (including phenoxy) is 1. The molecule has 22 heavy (non-hydrogen) atoms. The van der Waals surface area contributed by atoms with E-state index in [0.29, 0.717) is 5.02 Å². The molecule has 1 aliphatic rings. The third kappa shape index (κ3) is 4.30. The first-order valence-electron chi connectivity index (χ1n) is 7.10. The van der Waals surface area contributed by atoms with Gasteiger partial charge in [0.15, 0.2) is 0 Å². The first kappa shape index (κ1) is 17.0. The number of nitrogens with zero attached hydrogens (tertiary/aromatic N) is 1. The Hall–Kier alpha value is -1.40. The maximum atomic E-state index is 12.1. The van der Waals surface area contributed by atoms with E-state index in [2.05, 4.69) is 5.32 Å². The van der Waals surface area contributed by atoms with Gasteiger partial charge in [-0.1, -0.05) is 11.6 Å². The summed E-state index contributed by atoms with van der Waals surface area (Å²) in [5, 5.41) is 3.63. The maximum Gasteiger partial charge on any atom is 0.409 e. The molecule has 1 aliphatic heterocycles. The Morgan fingerprint density at radius 1 is 1.50 bits per heavy atom. The first-order valence-corrected chi connectivity index (χ1v) is 8.47. The summed E-state index contributed by atoms with van der Waals surface area (Å²) in [7, 11) is 1.54. The molecule has 2 amide bonds. The number of benzene rings is 1. The highest BCUT2D eigenvalue weighted by atomic mass is 35.5. The van der Waals surface area contributed by atoms with Gasteiger partial charge in [0.1, 0.15) is 6.54 Å². The van der Waals surface area contributed by atoms with Gasteiger partial charge in [0.25, 0.3) is 0 Å². The molecule has 5 nitrogen and oxygen atoms in total. The normalized spacial score (nSPS) is 16.6. The standard InChI is InChI=1S/C15H19ClN2O3S/c1-3-21-15(20)18(2)9-14(19)17-12-6-7-22-13-5-4-10(16)8-11(12)13/h4-5,8,12H,3,6-7,9H2,1-2H3,(H,17,19)/t12-/m1/s1. The second-order valence-electron chi connectivity index (χ2n) is 4.99. The van der Waals surface area contributed by atoms with E-state index in [9.17, 15) is 9.59 Å². The van der Waals surface area contributed by atoms with Gasteiger partial charge in [-0.2, -0.15) is 0 Å². The molecule has 0 aromatic heterocycles. The molecule has 7 heteroatoms. The van der Waals surface area contributed by atoms with E-state index in [4.69, 9.17) is 16.3 Å². The number of rotatable bonds is 4. The number of carbonyl (C=O) groups excluding carboxylic acids is 2. The third-order valence-corrected chi connectivity index (χ3v) is 4.66. The summed E-state index contributed by atoms with van der Waals surface area (Å²) in [4.78, 5) is 26.0. The largest absolute Gasteiger partial charge is 0.450 e. The number of hydrogen-bond donors (Lipinski definition) is 1. The number of amides is 2. The number of halogens is 1. The van der Waals surface area contributed by atoms with Crippen molar-refractivity contribution in [1.29, 1.82) is 0 Å². The lowest BCUT2D eigenvalue weighted by Crippen LogP contribution is -2.40. The van der Waals surface area contributed by atoms with Crippen molar-refractivity contribution in [3.8, 4) is 0 Å². The molecule has 0 bridgehead atoms. The quantitative estimate of drug-likeness (QED) is 0.913. The predicted octanol–water partition coefficient (Wildman–Crippen LogP) is 3.08. The topological polar surface area (TPSA) is 58.6 Å². The predicted molar refractivity (Wildman–Crippen MR) is 87.3 cm³/mol. The molecule has 2 rings (SSSR count). The van der Waals surface area contributed by atoms with Crippen LogP contribution >= 0.6 is 23.4 Å². The van der Waals surface area contributed by atoms with E-state index < -0.39 is 6.09 Å². The Kier molecular flexibility index (Phi) is 5.97. The number of thioether (sulfide) groups is 1. The third-order valence-electron chi connectivity index (χ3n) is 3.31. The van der Waals surface area contributed by atoms with Crippen LogP contribution in [0.1, 0.15) is 24.9 Å². The highest BCUT2D eigenvalue weighted by Crippen LogP contribution is 2.37. The van der Waals surface area contributed by atoms with Gasteiger partial charge in [0.05, 0.1) is 12.6 Å². The molecular formula is C15H19ClN2O3S. The molecule has 1 heterocycles. The van der Waals surface area contributed by atoms with Gasteiger partial charge in [-0.25, -0.2) is 4.79 Å². The lowest BCUT2D eigenvalue weighted by Gasteiger charge is -2.27. The molecule has 0 saturated carbocycles. The molecule has 0 unspecified atom stereocenters. The van der Waals surface area contributed by atoms with Gasteiger partial charge in [0, 0.05) is 22.7 Å². The molecule has 1 aromatic rings. The fraction of sp³-hybridized carbons (Fsp3) is 0.467. The van der Waals surface area contributed by atoms with Crippen LogP contribution in [0.2, 0.25) is 5.02 Å². The fourth-order valence-corrected chi connectivity index (χ4v) is 3.55. The molecular weight excluding hydrogens is 324 g/mol. The zero-order chi connectivity index (χ0) is 16.1. The zero-order valence-electron chi connectivity index (χ0n) is 12.6. The van der Waals surface area contributed by atoms with E-state index in [1.807, 2.05) is 18.2 Å². The molecule has 0 spiro atoms. The second-order valence-corrected chi connectivity index (χ2v) is 6.57. The van der Waals surface area contributed by atoms with Crippen LogP contribution in [-0.4, -0.2) is 42.9 Å². The van der Waals surface area contributed by atoms with Crippen molar-refractivity contribution in [1.82, 2.24) is 10.2 Å². The minimum absolute atomic E-state index is 0.0294. The molecule has 1 N–H and O–H groups in total. The average molecular weight is 343 g/mol. The van der Waals surface area contributed by atoms with Crippen molar-refractivity contribution >= 4 is 35.4 Å². The van der Waals surface area contributed by atoms with Crippen molar-refractivity contribution in [2.24, 2.45) is 0 Å². The monoisotopic (exact) mass is 342 g/mol. The Balaban J connectivity index is 1.98. The van der Waals surface area contributed by atoms with Crippen LogP contribution in [0.4, 0.5) is 4.79 Å². The summed E-state index contributed by atoms with van der Waals surface area (Å²) >= 11 is 7.81. The Morgan fingerprint density at radius 2 is 2.27 bits per heavy atom. The minimum atomic E-state index is -0.500. The number of carbonyl (C=O) groups is 2. The van der Waals surface area contributed by atoms with E-state index in [1.165, 1.54) is 4.90 Å². The smallest absolute Gasteiger partial charge is 0.409 e. The maximum absolute atomic E-state index is 12.1. The highest BCUT2D eigenvalue weighted by Gasteiger charge is 2.23. The molecule has 1 atom stereocenters. The lowest BCUT2D eigenvalue weighted by molar-refractivity contribution is -0.122. The first-order chi connectivity index (χ1) is 10.5. The molecule has 1 aromatic carbocycles. The molecule has 120 valence electrons. The van der Waals surface area contributed by atoms with Crippen molar-refractivity contribution < 1.29 is 14.3 Å². The van der Waals surface area contributed by atoms with Gasteiger partial charge < -0.3 is 15.0 Å². The van der Waals surface area contributed by atoms with Crippen LogP contribution < -0.4 is 5.32 Å². The summed E-state index contributed by atoms with van der Waals surface area (Å²) in [5.74, 6) is 0.728. The summed E-state index contributed by atoms with van der Waals surface area (Å²) in [6.45, 7) is 1.99. The van der Waals surface area contributed by atoms with E-state index in [-0.39, 0.29) is 25.1 Å². The summed E-state index contributed by atoms with van der Waals surface area (Å²) in [6, 6.07) is 5.65. The van der Waals surface area contributed by atoms with Gasteiger partial charge >= 0.3 is 6.09 Å². The average Bonchev–Trinajstić information content (AvgIpc) is 2.48. The van der Waals surface area contributed by atoms with Gasteiger partial charge in [0.2, 0.25) is 5.91 Å². The number of hydrogen-bond acceptors (Lipinski definition) is 4.